The fourth-order valence-electron chi connectivity index (χ4n) is 3.00. The molecular formula is C17H26N2O. The lowest BCUT2D eigenvalue weighted by Gasteiger charge is -2.34. The molecule has 1 aliphatic rings. The molecule has 0 spiro atoms. The molecule has 110 valence electrons. The lowest BCUT2D eigenvalue weighted by Crippen LogP contribution is -2.47. The number of rotatable bonds is 4. The summed E-state index contributed by atoms with van der Waals surface area (Å²) < 4.78 is 0. The number of piperidine rings is 1. The molecule has 0 bridgehead atoms. The van der Waals surface area contributed by atoms with Gasteiger partial charge in [0, 0.05) is 13.1 Å². The van der Waals surface area contributed by atoms with Crippen LogP contribution in [0.5, 0.6) is 0 Å². The highest BCUT2D eigenvalue weighted by Gasteiger charge is 2.27. The first kappa shape index (κ1) is 15.0. The average Bonchev–Trinajstić information content (AvgIpc) is 2.47. The van der Waals surface area contributed by atoms with E-state index in [1.54, 1.807) is 0 Å². The molecule has 0 aromatic heterocycles. The van der Waals surface area contributed by atoms with Crippen LogP contribution in [0.25, 0.3) is 0 Å². The van der Waals surface area contributed by atoms with Crippen LogP contribution in [0.2, 0.25) is 0 Å². The zero-order valence-electron chi connectivity index (χ0n) is 12.6. The van der Waals surface area contributed by atoms with Crippen LogP contribution in [0.1, 0.15) is 44.6 Å². The summed E-state index contributed by atoms with van der Waals surface area (Å²) in [7, 11) is 0. The molecule has 0 radical (unpaired) electrons. The number of hydrogen-bond acceptors (Lipinski definition) is 2. The number of nitrogens with two attached hydrogens (primary N) is 1. The molecule has 1 amide bonds. The second-order valence-electron chi connectivity index (χ2n) is 6.25. The minimum atomic E-state index is -0.330. The first-order chi connectivity index (χ1) is 9.58. The first-order valence-corrected chi connectivity index (χ1v) is 7.67. The van der Waals surface area contributed by atoms with Crippen LogP contribution in [0.4, 0.5) is 0 Å². The van der Waals surface area contributed by atoms with Crippen LogP contribution in [0, 0.1) is 5.92 Å². The molecule has 3 nitrogen and oxygen atoms in total. The van der Waals surface area contributed by atoms with E-state index in [1.165, 1.54) is 5.56 Å². The monoisotopic (exact) mass is 274 g/mol. The molecule has 0 aliphatic carbocycles. The van der Waals surface area contributed by atoms with Crippen molar-refractivity contribution >= 4 is 5.91 Å². The van der Waals surface area contributed by atoms with Crippen LogP contribution in [-0.4, -0.2) is 29.9 Å². The highest BCUT2D eigenvalue weighted by molar-refractivity contribution is 5.81. The van der Waals surface area contributed by atoms with Crippen LogP contribution in [0.15, 0.2) is 30.3 Å². The smallest absolute Gasteiger partial charge is 0.239 e. The summed E-state index contributed by atoms with van der Waals surface area (Å²) in [5.74, 6) is 1.18. The Labute approximate surface area is 122 Å². The van der Waals surface area contributed by atoms with E-state index in [0.717, 1.165) is 32.4 Å². The molecule has 1 fully saturated rings. The summed E-state index contributed by atoms with van der Waals surface area (Å²) in [4.78, 5) is 14.2. The summed E-state index contributed by atoms with van der Waals surface area (Å²) >= 11 is 0. The van der Waals surface area contributed by atoms with Crippen molar-refractivity contribution in [3.63, 3.8) is 0 Å². The van der Waals surface area contributed by atoms with Crippen molar-refractivity contribution < 1.29 is 4.79 Å². The number of carbonyl (C=O) groups is 1. The van der Waals surface area contributed by atoms with Crippen LogP contribution < -0.4 is 5.73 Å². The number of likely N-dealkylation sites (tertiary alicyclic amines) is 1. The molecule has 1 saturated heterocycles. The number of benzene rings is 1. The summed E-state index contributed by atoms with van der Waals surface area (Å²) in [6, 6.07) is 10.3. The van der Waals surface area contributed by atoms with Crippen molar-refractivity contribution in [2.45, 2.75) is 45.1 Å². The Morgan fingerprint density at radius 3 is 2.40 bits per heavy atom. The van der Waals surface area contributed by atoms with Gasteiger partial charge in [0.05, 0.1) is 6.04 Å². The second-order valence-corrected chi connectivity index (χ2v) is 6.25. The minimum Gasteiger partial charge on any atom is -0.341 e. The highest BCUT2D eigenvalue weighted by Crippen LogP contribution is 2.28. The van der Waals surface area contributed by atoms with Crippen molar-refractivity contribution in [2.75, 3.05) is 13.1 Å². The van der Waals surface area contributed by atoms with Crippen molar-refractivity contribution in [1.29, 1.82) is 0 Å². The Bertz CT molecular complexity index is 422. The van der Waals surface area contributed by atoms with Gasteiger partial charge in [0.15, 0.2) is 0 Å². The number of hydrogen-bond donors (Lipinski definition) is 1. The van der Waals surface area contributed by atoms with Gasteiger partial charge in [0.1, 0.15) is 0 Å². The second kappa shape index (κ2) is 6.89. The Balaban J connectivity index is 1.86. The molecular weight excluding hydrogens is 248 g/mol. The maximum atomic E-state index is 12.3. The molecule has 0 unspecified atom stereocenters. The fraction of sp³-hybridized carbons (Fsp3) is 0.588. The van der Waals surface area contributed by atoms with E-state index < -0.39 is 0 Å². The summed E-state index contributed by atoms with van der Waals surface area (Å²) in [5.41, 5.74) is 7.40. The van der Waals surface area contributed by atoms with Crippen LogP contribution in [0.3, 0.4) is 0 Å². The molecule has 1 heterocycles. The first-order valence-electron chi connectivity index (χ1n) is 7.67. The van der Waals surface area contributed by atoms with E-state index in [1.807, 2.05) is 11.0 Å². The molecule has 1 aromatic rings. The lowest BCUT2D eigenvalue weighted by atomic mass is 9.89. The molecule has 20 heavy (non-hydrogen) atoms. The Morgan fingerprint density at radius 2 is 1.85 bits per heavy atom. The normalized spacial score (nSPS) is 18.3. The molecule has 2 rings (SSSR count). The van der Waals surface area contributed by atoms with E-state index in [9.17, 15) is 4.79 Å². The molecule has 1 atom stereocenters. The third kappa shape index (κ3) is 3.83. The van der Waals surface area contributed by atoms with Gasteiger partial charge < -0.3 is 10.6 Å². The number of amides is 1. The number of nitrogens with zero attached hydrogens (tertiary/aromatic N) is 1. The molecule has 0 saturated carbocycles. The predicted molar refractivity (Wildman–Crippen MR) is 82.4 cm³/mol. The summed E-state index contributed by atoms with van der Waals surface area (Å²) in [5, 5.41) is 0. The standard InChI is InChI=1S/C17H26N2O/c1-13(2)12-16(18)17(20)19-10-8-15(9-11-19)14-6-4-3-5-7-14/h3-7,13,15-16H,8-12,18H2,1-2H3/t16-/m0/s1. The van der Waals surface area contributed by atoms with E-state index in [-0.39, 0.29) is 11.9 Å². The zero-order valence-corrected chi connectivity index (χ0v) is 12.6. The predicted octanol–water partition coefficient (Wildman–Crippen LogP) is 2.77. The van der Waals surface area contributed by atoms with E-state index in [4.69, 9.17) is 5.73 Å². The topological polar surface area (TPSA) is 46.3 Å². The zero-order chi connectivity index (χ0) is 14.5. The van der Waals surface area contributed by atoms with E-state index in [2.05, 4.69) is 38.1 Å². The molecule has 3 heteroatoms. The van der Waals surface area contributed by atoms with Crippen molar-refractivity contribution in [1.82, 2.24) is 4.90 Å². The van der Waals surface area contributed by atoms with Gasteiger partial charge in [0.25, 0.3) is 0 Å². The quantitative estimate of drug-likeness (QED) is 0.917. The van der Waals surface area contributed by atoms with Gasteiger partial charge in [-0.15, -0.1) is 0 Å². The van der Waals surface area contributed by atoms with Crippen molar-refractivity contribution in [3.8, 4) is 0 Å². The van der Waals surface area contributed by atoms with Gasteiger partial charge in [-0.2, -0.15) is 0 Å². The van der Waals surface area contributed by atoms with Crippen LogP contribution >= 0.6 is 0 Å². The lowest BCUT2D eigenvalue weighted by molar-refractivity contribution is -0.134. The maximum Gasteiger partial charge on any atom is 0.239 e. The molecule has 2 N–H and O–H groups in total. The SMILES string of the molecule is CC(C)C[C@H](N)C(=O)N1CCC(c2ccccc2)CC1. The van der Waals surface area contributed by atoms with Crippen molar-refractivity contribution in [3.05, 3.63) is 35.9 Å². The van der Waals surface area contributed by atoms with Gasteiger partial charge in [-0.05, 0) is 36.7 Å². The van der Waals surface area contributed by atoms with Gasteiger partial charge in [-0.25, -0.2) is 0 Å². The van der Waals surface area contributed by atoms with Gasteiger partial charge in [-0.1, -0.05) is 44.2 Å². The fourth-order valence-corrected chi connectivity index (χ4v) is 3.00. The molecule has 1 aliphatic heterocycles. The van der Waals surface area contributed by atoms with Gasteiger partial charge >= 0.3 is 0 Å². The third-order valence-electron chi connectivity index (χ3n) is 4.12. The van der Waals surface area contributed by atoms with Gasteiger partial charge in [-0.3, -0.25) is 4.79 Å². The summed E-state index contributed by atoms with van der Waals surface area (Å²) in [6.45, 7) is 5.89. The molecule has 1 aromatic carbocycles. The van der Waals surface area contributed by atoms with Gasteiger partial charge in [0.2, 0.25) is 5.91 Å². The Morgan fingerprint density at radius 1 is 1.25 bits per heavy atom. The highest BCUT2D eigenvalue weighted by atomic mass is 16.2. The summed E-state index contributed by atoms with van der Waals surface area (Å²) in [6.07, 6.45) is 2.87. The Kier molecular flexibility index (Phi) is 5.18. The average molecular weight is 274 g/mol. The van der Waals surface area contributed by atoms with Crippen LogP contribution in [-0.2, 0) is 4.79 Å². The third-order valence-corrected chi connectivity index (χ3v) is 4.12. The largest absolute Gasteiger partial charge is 0.341 e. The Hall–Kier alpha value is -1.35. The maximum absolute atomic E-state index is 12.3. The number of carbonyl (C=O) groups excluding carboxylic acids is 1. The van der Waals surface area contributed by atoms with E-state index >= 15 is 0 Å². The van der Waals surface area contributed by atoms with E-state index in [0.29, 0.717) is 11.8 Å². The van der Waals surface area contributed by atoms with Crippen molar-refractivity contribution in [2.24, 2.45) is 11.7 Å². The minimum absolute atomic E-state index is 0.130.